The first kappa shape index (κ1) is 18.2. The van der Waals surface area contributed by atoms with Crippen LogP contribution in [0.25, 0.3) is 0 Å². The summed E-state index contributed by atoms with van der Waals surface area (Å²) in [6.45, 7) is 2.23. The SMILES string of the molecule is CCCCCCCCC(CCl)C(OC)(OC)OC. The van der Waals surface area contributed by atoms with Gasteiger partial charge in [0, 0.05) is 27.2 Å². The van der Waals surface area contributed by atoms with Crippen LogP contribution in [-0.4, -0.2) is 33.2 Å². The van der Waals surface area contributed by atoms with Gasteiger partial charge in [-0.2, -0.15) is 0 Å². The monoisotopic (exact) mass is 280 g/mol. The van der Waals surface area contributed by atoms with Crippen molar-refractivity contribution in [3.8, 4) is 0 Å². The molecule has 0 aliphatic carbocycles. The minimum atomic E-state index is -0.995. The fraction of sp³-hybridized carbons (Fsp3) is 1.00. The van der Waals surface area contributed by atoms with Crippen LogP contribution in [0.1, 0.15) is 51.9 Å². The van der Waals surface area contributed by atoms with Gasteiger partial charge in [-0.15, -0.1) is 11.6 Å². The minimum Gasteiger partial charge on any atom is -0.331 e. The Labute approximate surface area is 117 Å². The van der Waals surface area contributed by atoms with Crippen LogP contribution >= 0.6 is 11.6 Å². The van der Waals surface area contributed by atoms with Gasteiger partial charge in [0.25, 0.3) is 5.97 Å². The van der Waals surface area contributed by atoms with Crippen molar-refractivity contribution in [2.45, 2.75) is 57.8 Å². The Hall–Kier alpha value is 0.170. The zero-order valence-corrected chi connectivity index (χ0v) is 13.1. The average molecular weight is 281 g/mol. The minimum absolute atomic E-state index is 0.0605. The fourth-order valence-corrected chi connectivity index (χ4v) is 2.61. The molecule has 0 rings (SSSR count). The van der Waals surface area contributed by atoms with E-state index in [-0.39, 0.29) is 5.92 Å². The van der Waals surface area contributed by atoms with E-state index in [4.69, 9.17) is 25.8 Å². The van der Waals surface area contributed by atoms with Crippen molar-refractivity contribution in [3.63, 3.8) is 0 Å². The van der Waals surface area contributed by atoms with Gasteiger partial charge in [0.2, 0.25) is 0 Å². The summed E-state index contributed by atoms with van der Waals surface area (Å²) in [5.74, 6) is -0.458. The molecule has 0 heterocycles. The molecule has 1 unspecified atom stereocenters. The van der Waals surface area contributed by atoms with Crippen molar-refractivity contribution in [2.24, 2.45) is 5.92 Å². The van der Waals surface area contributed by atoms with E-state index >= 15 is 0 Å². The van der Waals surface area contributed by atoms with E-state index in [1.807, 2.05) is 0 Å². The molecule has 18 heavy (non-hydrogen) atoms. The Morgan fingerprint density at radius 1 is 0.889 bits per heavy atom. The maximum Gasteiger partial charge on any atom is 0.286 e. The molecular weight excluding hydrogens is 252 g/mol. The Morgan fingerprint density at radius 3 is 1.83 bits per heavy atom. The summed E-state index contributed by atoms with van der Waals surface area (Å²) < 4.78 is 16.1. The van der Waals surface area contributed by atoms with Crippen molar-refractivity contribution in [2.75, 3.05) is 27.2 Å². The maximum absolute atomic E-state index is 6.01. The van der Waals surface area contributed by atoms with Gasteiger partial charge in [-0.1, -0.05) is 45.4 Å². The first-order valence-electron chi connectivity index (χ1n) is 6.92. The van der Waals surface area contributed by atoms with Crippen molar-refractivity contribution in [1.82, 2.24) is 0 Å². The van der Waals surface area contributed by atoms with Gasteiger partial charge in [0.1, 0.15) is 0 Å². The van der Waals surface area contributed by atoms with Gasteiger partial charge < -0.3 is 14.2 Å². The number of halogens is 1. The van der Waals surface area contributed by atoms with Gasteiger partial charge >= 0.3 is 0 Å². The van der Waals surface area contributed by atoms with Crippen LogP contribution in [0.2, 0.25) is 0 Å². The summed E-state index contributed by atoms with van der Waals surface area (Å²) in [6, 6.07) is 0. The molecule has 0 spiro atoms. The second-order valence-electron chi connectivity index (χ2n) is 4.62. The lowest BCUT2D eigenvalue weighted by Crippen LogP contribution is -2.44. The Balaban J connectivity index is 4.01. The molecule has 0 aromatic heterocycles. The summed E-state index contributed by atoms with van der Waals surface area (Å²) in [5, 5.41) is 0. The van der Waals surface area contributed by atoms with Crippen LogP contribution in [-0.2, 0) is 14.2 Å². The van der Waals surface area contributed by atoms with E-state index in [1.165, 1.54) is 32.1 Å². The maximum atomic E-state index is 6.01. The van der Waals surface area contributed by atoms with Crippen LogP contribution in [0.5, 0.6) is 0 Å². The molecule has 1 atom stereocenters. The van der Waals surface area contributed by atoms with Crippen molar-refractivity contribution < 1.29 is 14.2 Å². The highest BCUT2D eigenvalue weighted by Gasteiger charge is 2.39. The van der Waals surface area contributed by atoms with Crippen molar-refractivity contribution in [1.29, 1.82) is 0 Å². The molecule has 0 aliphatic heterocycles. The highest BCUT2D eigenvalue weighted by Crippen LogP contribution is 2.29. The molecule has 0 bridgehead atoms. The molecule has 0 aliphatic rings. The standard InChI is InChI=1S/C14H29ClO3/c1-5-6-7-8-9-10-11-13(12-15)14(16-2,17-3)18-4/h13H,5-12H2,1-4H3. The molecule has 0 aromatic rings. The summed E-state index contributed by atoms with van der Waals surface area (Å²) >= 11 is 6.01. The highest BCUT2D eigenvalue weighted by molar-refractivity contribution is 6.18. The Bertz CT molecular complexity index is 176. The summed E-state index contributed by atoms with van der Waals surface area (Å²) in [7, 11) is 4.77. The second kappa shape index (κ2) is 11.0. The third-order valence-electron chi connectivity index (χ3n) is 3.45. The highest BCUT2D eigenvalue weighted by atomic mass is 35.5. The zero-order valence-electron chi connectivity index (χ0n) is 12.3. The van der Waals surface area contributed by atoms with E-state index in [9.17, 15) is 0 Å². The lowest BCUT2D eigenvalue weighted by atomic mass is 9.99. The normalized spacial score (nSPS) is 13.8. The summed E-state index contributed by atoms with van der Waals surface area (Å²) in [6.07, 6.45) is 8.57. The number of rotatable bonds is 12. The van der Waals surface area contributed by atoms with E-state index < -0.39 is 5.97 Å². The molecule has 4 heteroatoms. The third-order valence-corrected chi connectivity index (χ3v) is 3.82. The molecule has 0 radical (unpaired) electrons. The first-order valence-corrected chi connectivity index (χ1v) is 7.45. The number of ether oxygens (including phenoxy) is 3. The number of alkyl halides is 1. The van der Waals surface area contributed by atoms with Gasteiger partial charge in [-0.05, 0) is 6.42 Å². The lowest BCUT2D eigenvalue weighted by Gasteiger charge is -2.35. The fourth-order valence-electron chi connectivity index (χ4n) is 2.27. The first-order chi connectivity index (χ1) is 8.70. The van der Waals surface area contributed by atoms with E-state index in [0.29, 0.717) is 5.88 Å². The number of methoxy groups -OCH3 is 3. The average Bonchev–Trinajstić information content (AvgIpc) is 2.42. The van der Waals surface area contributed by atoms with Gasteiger partial charge in [-0.25, -0.2) is 0 Å². The molecular formula is C14H29ClO3. The molecule has 110 valence electrons. The van der Waals surface area contributed by atoms with Crippen LogP contribution in [0.15, 0.2) is 0 Å². The molecule has 0 N–H and O–H groups in total. The number of hydrogen-bond acceptors (Lipinski definition) is 3. The van der Waals surface area contributed by atoms with Crippen molar-refractivity contribution >= 4 is 11.6 Å². The molecule has 0 amide bonds. The predicted octanol–water partition coefficient (Wildman–Crippen LogP) is 4.19. The molecule has 0 saturated carbocycles. The molecule has 0 fully saturated rings. The Kier molecular flexibility index (Phi) is 11.1. The number of unbranched alkanes of at least 4 members (excludes halogenated alkanes) is 5. The van der Waals surface area contributed by atoms with E-state index in [1.54, 1.807) is 21.3 Å². The van der Waals surface area contributed by atoms with Gasteiger partial charge in [-0.3, -0.25) is 0 Å². The summed E-state index contributed by atoms with van der Waals surface area (Å²) in [4.78, 5) is 0. The van der Waals surface area contributed by atoms with Crippen LogP contribution in [0, 0.1) is 5.92 Å². The topological polar surface area (TPSA) is 27.7 Å². The number of hydrogen-bond donors (Lipinski definition) is 0. The molecule has 0 aromatic carbocycles. The van der Waals surface area contributed by atoms with E-state index in [2.05, 4.69) is 6.92 Å². The van der Waals surface area contributed by atoms with Crippen molar-refractivity contribution in [3.05, 3.63) is 0 Å². The zero-order chi connectivity index (χ0) is 13.9. The third kappa shape index (κ3) is 5.87. The quantitative estimate of drug-likeness (QED) is 0.305. The van der Waals surface area contributed by atoms with Gasteiger partial charge in [0.05, 0.1) is 5.92 Å². The smallest absolute Gasteiger partial charge is 0.286 e. The van der Waals surface area contributed by atoms with Crippen LogP contribution in [0.3, 0.4) is 0 Å². The largest absolute Gasteiger partial charge is 0.331 e. The van der Waals surface area contributed by atoms with Crippen LogP contribution < -0.4 is 0 Å². The molecule has 3 nitrogen and oxygen atoms in total. The van der Waals surface area contributed by atoms with Gasteiger partial charge in [0.15, 0.2) is 0 Å². The summed E-state index contributed by atoms with van der Waals surface area (Å²) in [5.41, 5.74) is 0. The van der Waals surface area contributed by atoms with E-state index in [0.717, 1.165) is 12.8 Å². The second-order valence-corrected chi connectivity index (χ2v) is 4.93. The predicted molar refractivity (Wildman–Crippen MR) is 76.0 cm³/mol. The lowest BCUT2D eigenvalue weighted by molar-refractivity contribution is -0.376. The molecule has 0 saturated heterocycles. The van der Waals surface area contributed by atoms with Crippen LogP contribution in [0.4, 0.5) is 0 Å². The Morgan fingerprint density at radius 2 is 1.39 bits per heavy atom.